The van der Waals surface area contributed by atoms with E-state index < -0.39 is 12.0 Å². The van der Waals surface area contributed by atoms with E-state index in [2.05, 4.69) is 5.32 Å². The number of nitrogens with one attached hydrogen (secondary N) is 1. The second-order valence-electron chi connectivity index (χ2n) is 5.72. The summed E-state index contributed by atoms with van der Waals surface area (Å²) < 4.78 is 5.69. The average Bonchev–Trinajstić information content (AvgIpc) is 2.35. The lowest BCUT2D eigenvalue weighted by Gasteiger charge is -2.38. The molecule has 1 atom stereocenters. The topological polar surface area (TPSA) is 58.6 Å². The molecule has 0 unspecified atom stereocenters. The van der Waals surface area contributed by atoms with Gasteiger partial charge in [-0.1, -0.05) is 30.3 Å². The summed E-state index contributed by atoms with van der Waals surface area (Å²) in [5.74, 6) is -0.790. The van der Waals surface area contributed by atoms with Gasteiger partial charge in [-0.3, -0.25) is 4.79 Å². The maximum atomic E-state index is 11.3. The molecule has 1 aliphatic carbocycles. The molecule has 0 bridgehead atoms. The smallest absolute Gasteiger partial charge is 0.321 e. The molecule has 1 saturated carbocycles. The summed E-state index contributed by atoms with van der Waals surface area (Å²) in [6.45, 7) is 4.05. The van der Waals surface area contributed by atoms with E-state index in [1.165, 1.54) is 0 Å². The van der Waals surface area contributed by atoms with Gasteiger partial charge in [-0.05, 0) is 38.7 Å². The van der Waals surface area contributed by atoms with Crippen LogP contribution in [0.1, 0.15) is 32.3 Å². The van der Waals surface area contributed by atoms with Gasteiger partial charge in [0.1, 0.15) is 6.04 Å². The third kappa shape index (κ3) is 4.32. The van der Waals surface area contributed by atoms with Crippen LogP contribution in [0.25, 0.3) is 0 Å². The molecule has 4 nitrogen and oxygen atoms in total. The molecule has 1 aliphatic rings. The standard InChI is InChI=1S/C16H23NO3/c1-11(2)20-14-9-13(10-14)17-15(16(18)19)8-12-6-4-3-5-7-12/h3-7,11,13-15,17H,8-10H2,1-2H3,(H,18,19)/t13?,14?,15-/m1/s1. The molecule has 2 N–H and O–H groups in total. The number of benzene rings is 1. The maximum Gasteiger partial charge on any atom is 0.321 e. The monoisotopic (exact) mass is 277 g/mol. The molecular formula is C16H23NO3. The molecule has 0 amide bonds. The zero-order chi connectivity index (χ0) is 14.5. The molecule has 0 saturated heterocycles. The first-order valence-electron chi connectivity index (χ1n) is 7.23. The number of rotatable bonds is 7. The number of hydrogen-bond donors (Lipinski definition) is 2. The SMILES string of the molecule is CC(C)OC1CC(N[C@H](Cc2ccccc2)C(=O)O)C1. The zero-order valence-electron chi connectivity index (χ0n) is 12.1. The van der Waals surface area contributed by atoms with Gasteiger partial charge in [0.25, 0.3) is 0 Å². The van der Waals surface area contributed by atoms with E-state index in [-0.39, 0.29) is 18.2 Å². The predicted octanol–water partition coefficient (Wildman–Crippen LogP) is 2.23. The van der Waals surface area contributed by atoms with E-state index in [9.17, 15) is 9.90 Å². The quantitative estimate of drug-likeness (QED) is 0.802. The Labute approximate surface area is 120 Å². The molecule has 1 fully saturated rings. The summed E-state index contributed by atoms with van der Waals surface area (Å²) in [5.41, 5.74) is 1.04. The Morgan fingerprint density at radius 1 is 1.35 bits per heavy atom. The Kier molecular flexibility index (Phi) is 5.15. The van der Waals surface area contributed by atoms with Crippen LogP contribution in [0.2, 0.25) is 0 Å². The number of ether oxygens (including phenoxy) is 1. The molecule has 0 radical (unpaired) electrons. The summed E-state index contributed by atoms with van der Waals surface area (Å²) in [5, 5.41) is 12.5. The van der Waals surface area contributed by atoms with Crippen molar-refractivity contribution in [2.75, 3.05) is 0 Å². The van der Waals surface area contributed by atoms with Crippen LogP contribution in [0.4, 0.5) is 0 Å². The Hall–Kier alpha value is -1.39. The van der Waals surface area contributed by atoms with Gasteiger partial charge in [-0.15, -0.1) is 0 Å². The van der Waals surface area contributed by atoms with Crippen molar-refractivity contribution in [2.24, 2.45) is 0 Å². The van der Waals surface area contributed by atoms with Gasteiger partial charge in [-0.25, -0.2) is 0 Å². The highest BCUT2D eigenvalue weighted by Gasteiger charge is 2.33. The highest BCUT2D eigenvalue weighted by atomic mass is 16.5. The summed E-state index contributed by atoms with van der Waals surface area (Å²) in [7, 11) is 0. The van der Waals surface area contributed by atoms with Gasteiger partial charge < -0.3 is 15.2 Å². The molecule has 2 rings (SSSR count). The first-order valence-corrected chi connectivity index (χ1v) is 7.23. The fraction of sp³-hybridized carbons (Fsp3) is 0.562. The first kappa shape index (κ1) is 15.0. The minimum Gasteiger partial charge on any atom is -0.480 e. The minimum atomic E-state index is -0.790. The first-order chi connectivity index (χ1) is 9.54. The van der Waals surface area contributed by atoms with Crippen LogP contribution in [0.3, 0.4) is 0 Å². The number of hydrogen-bond acceptors (Lipinski definition) is 3. The molecule has 1 aromatic rings. The number of aliphatic carboxylic acids is 1. The summed E-state index contributed by atoms with van der Waals surface area (Å²) in [6.07, 6.45) is 2.83. The molecule has 1 aromatic carbocycles. The second kappa shape index (κ2) is 6.86. The highest BCUT2D eigenvalue weighted by molar-refractivity contribution is 5.74. The summed E-state index contributed by atoms with van der Waals surface area (Å²) in [6, 6.07) is 9.46. The van der Waals surface area contributed by atoms with E-state index in [0.29, 0.717) is 6.42 Å². The largest absolute Gasteiger partial charge is 0.480 e. The zero-order valence-corrected chi connectivity index (χ0v) is 12.1. The summed E-state index contributed by atoms with van der Waals surface area (Å²) >= 11 is 0. The molecular weight excluding hydrogens is 254 g/mol. The lowest BCUT2D eigenvalue weighted by Crippen LogP contribution is -2.52. The van der Waals surface area contributed by atoms with Crippen LogP contribution in [0.5, 0.6) is 0 Å². The molecule has 110 valence electrons. The lowest BCUT2D eigenvalue weighted by atomic mass is 9.88. The Balaban J connectivity index is 1.81. The van der Waals surface area contributed by atoms with Gasteiger partial charge in [0.2, 0.25) is 0 Å². The van der Waals surface area contributed by atoms with E-state index in [1.54, 1.807) is 0 Å². The molecule has 0 aliphatic heterocycles. The third-order valence-corrected chi connectivity index (χ3v) is 3.58. The normalized spacial score (nSPS) is 23.4. The second-order valence-corrected chi connectivity index (χ2v) is 5.72. The molecule has 0 aromatic heterocycles. The van der Waals surface area contributed by atoms with Crippen LogP contribution >= 0.6 is 0 Å². The van der Waals surface area contributed by atoms with Gasteiger partial charge in [0, 0.05) is 6.04 Å². The predicted molar refractivity (Wildman–Crippen MR) is 77.7 cm³/mol. The van der Waals surface area contributed by atoms with Crippen LogP contribution in [0, 0.1) is 0 Å². The molecule has 20 heavy (non-hydrogen) atoms. The van der Waals surface area contributed by atoms with Crippen molar-refractivity contribution in [2.45, 2.75) is 57.4 Å². The molecule has 0 spiro atoms. The van der Waals surface area contributed by atoms with Crippen molar-refractivity contribution in [3.05, 3.63) is 35.9 Å². The van der Waals surface area contributed by atoms with Crippen LogP contribution < -0.4 is 5.32 Å². The van der Waals surface area contributed by atoms with Crippen LogP contribution in [-0.2, 0) is 16.0 Å². The minimum absolute atomic E-state index is 0.237. The van der Waals surface area contributed by atoms with Crippen molar-refractivity contribution in [1.29, 1.82) is 0 Å². The average molecular weight is 277 g/mol. The van der Waals surface area contributed by atoms with Gasteiger partial charge in [0.15, 0.2) is 0 Å². The van der Waals surface area contributed by atoms with Crippen molar-refractivity contribution in [3.8, 4) is 0 Å². The molecule has 0 heterocycles. The highest BCUT2D eigenvalue weighted by Crippen LogP contribution is 2.25. The Morgan fingerprint density at radius 3 is 2.55 bits per heavy atom. The van der Waals surface area contributed by atoms with Crippen molar-refractivity contribution in [3.63, 3.8) is 0 Å². The third-order valence-electron chi connectivity index (χ3n) is 3.58. The van der Waals surface area contributed by atoms with E-state index >= 15 is 0 Å². The van der Waals surface area contributed by atoms with Gasteiger partial charge in [0.05, 0.1) is 12.2 Å². The Bertz CT molecular complexity index is 427. The summed E-state index contributed by atoms with van der Waals surface area (Å²) in [4.78, 5) is 11.3. The fourth-order valence-corrected chi connectivity index (χ4v) is 2.55. The van der Waals surface area contributed by atoms with E-state index in [0.717, 1.165) is 18.4 Å². The van der Waals surface area contributed by atoms with Gasteiger partial charge in [-0.2, -0.15) is 0 Å². The van der Waals surface area contributed by atoms with E-state index in [1.807, 2.05) is 44.2 Å². The van der Waals surface area contributed by atoms with E-state index in [4.69, 9.17) is 4.74 Å². The maximum absolute atomic E-state index is 11.3. The van der Waals surface area contributed by atoms with Crippen LogP contribution in [-0.4, -0.2) is 35.4 Å². The fourth-order valence-electron chi connectivity index (χ4n) is 2.55. The Morgan fingerprint density at radius 2 is 2.00 bits per heavy atom. The number of carboxylic acids is 1. The van der Waals surface area contributed by atoms with Crippen LogP contribution in [0.15, 0.2) is 30.3 Å². The van der Waals surface area contributed by atoms with Crippen molar-refractivity contribution in [1.82, 2.24) is 5.32 Å². The van der Waals surface area contributed by atoms with Crippen molar-refractivity contribution < 1.29 is 14.6 Å². The van der Waals surface area contributed by atoms with Crippen molar-refractivity contribution >= 4 is 5.97 Å². The molecule has 4 heteroatoms. The van der Waals surface area contributed by atoms with Gasteiger partial charge >= 0.3 is 5.97 Å². The number of carbonyl (C=O) groups is 1. The lowest BCUT2D eigenvalue weighted by molar-refractivity contribution is -0.140. The number of carboxylic acid groups (broad SMARTS) is 1.